The molecule has 1 aliphatic carbocycles. The summed E-state index contributed by atoms with van der Waals surface area (Å²) < 4.78 is 5.37. The fourth-order valence-electron chi connectivity index (χ4n) is 2.66. The second-order valence-electron chi connectivity index (χ2n) is 6.32. The third-order valence-corrected chi connectivity index (χ3v) is 5.51. The van der Waals surface area contributed by atoms with Gasteiger partial charge in [0.15, 0.2) is 5.76 Å². The van der Waals surface area contributed by atoms with E-state index in [4.69, 9.17) is 16.1 Å². The van der Waals surface area contributed by atoms with E-state index in [9.17, 15) is 4.79 Å². The van der Waals surface area contributed by atoms with Crippen molar-refractivity contribution in [2.24, 2.45) is 0 Å². The number of aromatic nitrogens is 1. The Morgan fingerprint density at radius 1 is 1.12 bits per heavy atom. The molecule has 4 nitrogen and oxygen atoms in total. The maximum absolute atomic E-state index is 12.6. The summed E-state index contributed by atoms with van der Waals surface area (Å²) in [7, 11) is 0. The third-order valence-electron chi connectivity index (χ3n) is 4.24. The van der Waals surface area contributed by atoms with Crippen LogP contribution in [0.4, 0.5) is 5.69 Å². The zero-order valence-corrected chi connectivity index (χ0v) is 15.7. The topological polar surface area (TPSA) is 55.1 Å². The van der Waals surface area contributed by atoms with Gasteiger partial charge in [-0.05, 0) is 68.3 Å². The molecule has 1 saturated carbocycles. The summed E-state index contributed by atoms with van der Waals surface area (Å²) in [4.78, 5) is 14.7. The largest absolute Gasteiger partial charge is 0.359 e. The Bertz CT molecular complexity index is 931. The van der Waals surface area contributed by atoms with Crippen molar-refractivity contribution in [2.45, 2.75) is 35.5 Å². The molecular formula is C20H17ClN2O2S. The predicted octanol–water partition coefficient (Wildman–Crippen LogP) is 5.92. The van der Waals surface area contributed by atoms with Crippen LogP contribution in [0.15, 0.2) is 62.8 Å². The second kappa shape index (κ2) is 7.17. The molecule has 0 radical (unpaired) electrons. The molecule has 1 aromatic heterocycles. The van der Waals surface area contributed by atoms with E-state index in [1.165, 1.54) is 0 Å². The minimum atomic E-state index is -0.152. The van der Waals surface area contributed by atoms with Crippen LogP contribution in [-0.2, 0) is 0 Å². The number of nitrogens with zero attached hydrogens (tertiary/aromatic N) is 1. The molecule has 132 valence electrons. The molecule has 1 aliphatic rings. The summed E-state index contributed by atoms with van der Waals surface area (Å²) in [5, 5.41) is 7.66. The lowest BCUT2D eigenvalue weighted by Crippen LogP contribution is -2.13. The number of carbonyl (C=O) groups is 1. The number of carbonyl (C=O) groups excluding carboxylic acids is 1. The highest BCUT2D eigenvalue weighted by atomic mass is 35.5. The first-order valence-corrected chi connectivity index (χ1v) is 9.60. The van der Waals surface area contributed by atoms with Gasteiger partial charge in [0.2, 0.25) is 0 Å². The number of aryl methyl sites for hydroxylation is 1. The molecule has 2 aromatic carbocycles. The van der Waals surface area contributed by atoms with Gasteiger partial charge in [-0.3, -0.25) is 4.79 Å². The van der Waals surface area contributed by atoms with Gasteiger partial charge in [0.1, 0.15) is 11.4 Å². The molecule has 1 heterocycles. The molecule has 1 fully saturated rings. The first-order valence-electron chi connectivity index (χ1n) is 8.41. The molecular weight excluding hydrogens is 368 g/mol. The molecule has 0 spiro atoms. The standard InChI is InChI=1S/C20H17ClN2O2S/c1-12-18(19(25-23-12)13-2-3-13)22-20(24)14-4-8-16(9-5-14)26-17-10-6-15(21)7-11-17/h4-11,13H,2-3H2,1H3,(H,22,24). The van der Waals surface area contributed by atoms with Gasteiger partial charge in [0.05, 0.1) is 0 Å². The highest BCUT2D eigenvalue weighted by molar-refractivity contribution is 7.99. The predicted molar refractivity (Wildman–Crippen MR) is 103 cm³/mol. The van der Waals surface area contributed by atoms with E-state index in [0.717, 1.165) is 44.8 Å². The minimum absolute atomic E-state index is 0.152. The van der Waals surface area contributed by atoms with Crippen molar-refractivity contribution in [1.82, 2.24) is 5.16 Å². The third kappa shape index (κ3) is 3.79. The van der Waals surface area contributed by atoms with E-state index in [1.54, 1.807) is 11.8 Å². The summed E-state index contributed by atoms with van der Waals surface area (Å²) in [6.45, 7) is 1.84. The number of nitrogens with one attached hydrogen (secondary N) is 1. The summed E-state index contributed by atoms with van der Waals surface area (Å²) in [5.41, 5.74) is 2.04. The van der Waals surface area contributed by atoms with E-state index in [-0.39, 0.29) is 5.91 Å². The summed E-state index contributed by atoms with van der Waals surface area (Å²) >= 11 is 7.53. The quantitative estimate of drug-likeness (QED) is 0.593. The Morgan fingerprint density at radius 2 is 1.73 bits per heavy atom. The fourth-order valence-corrected chi connectivity index (χ4v) is 3.60. The van der Waals surface area contributed by atoms with Crippen molar-refractivity contribution < 1.29 is 9.32 Å². The smallest absolute Gasteiger partial charge is 0.255 e. The number of hydrogen-bond acceptors (Lipinski definition) is 4. The molecule has 1 N–H and O–H groups in total. The van der Waals surface area contributed by atoms with Gasteiger partial charge in [-0.25, -0.2) is 0 Å². The zero-order chi connectivity index (χ0) is 18.1. The highest BCUT2D eigenvalue weighted by Crippen LogP contribution is 2.44. The summed E-state index contributed by atoms with van der Waals surface area (Å²) in [6.07, 6.45) is 2.18. The number of halogens is 1. The van der Waals surface area contributed by atoms with Crippen LogP contribution in [0.2, 0.25) is 5.02 Å². The SMILES string of the molecule is Cc1noc(C2CC2)c1NC(=O)c1ccc(Sc2ccc(Cl)cc2)cc1. The first kappa shape index (κ1) is 17.2. The normalized spacial score (nSPS) is 13.6. The number of hydrogen-bond donors (Lipinski definition) is 1. The molecule has 0 bridgehead atoms. The Kier molecular flexibility index (Phi) is 4.74. The van der Waals surface area contributed by atoms with Crippen LogP contribution in [0.1, 0.15) is 40.6 Å². The van der Waals surface area contributed by atoms with Gasteiger partial charge in [0.25, 0.3) is 5.91 Å². The Balaban J connectivity index is 1.45. The van der Waals surface area contributed by atoms with Crippen LogP contribution in [-0.4, -0.2) is 11.1 Å². The number of benzene rings is 2. The van der Waals surface area contributed by atoms with E-state index in [2.05, 4.69) is 10.5 Å². The molecule has 4 rings (SSSR count). The van der Waals surface area contributed by atoms with Crippen molar-refractivity contribution in [3.63, 3.8) is 0 Å². The minimum Gasteiger partial charge on any atom is -0.359 e. The van der Waals surface area contributed by atoms with Crippen LogP contribution in [0, 0.1) is 6.92 Å². The Morgan fingerprint density at radius 3 is 2.35 bits per heavy atom. The average molecular weight is 385 g/mol. The van der Waals surface area contributed by atoms with Crippen molar-refractivity contribution in [3.8, 4) is 0 Å². The van der Waals surface area contributed by atoms with Crippen molar-refractivity contribution in [3.05, 3.63) is 70.6 Å². The van der Waals surface area contributed by atoms with E-state index in [0.29, 0.717) is 11.5 Å². The maximum atomic E-state index is 12.6. The molecule has 1 amide bonds. The lowest BCUT2D eigenvalue weighted by molar-refractivity contribution is 0.102. The van der Waals surface area contributed by atoms with E-state index >= 15 is 0 Å². The van der Waals surface area contributed by atoms with Crippen LogP contribution in [0.3, 0.4) is 0 Å². The lowest BCUT2D eigenvalue weighted by Gasteiger charge is -2.07. The summed E-state index contributed by atoms with van der Waals surface area (Å²) in [5.74, 6) is 1.04. The van der Waals surface area contributed by atoms with Crippen LogP contribution in [0.25, 0.3) is 0 Å². The average Bonchev–Trinajstić information content (AvgIpc) is 3.42. The summed E-state index contributed by atoms with van der Waals surface area (Å²) in [6, 6.07) is 15.2. The van der Waals surface area contributed by atoms with Crippen molar-refractivity contribution in [2.75, 3.05) is 5.32 Å². The molecule has 6 heteroatoms. The van der Waals surface area contributed by atoms with Crippen LogP contribution in [0.5, 0.6) is 0 Å². The Hall–Kier alpha value is -2.24. The van der Waals surface area contributed by atoms with Crippen molar-refractivity contribution in [1.29, 1.82) is 0 Å². The molecule has 26 heavy (non-hydrogen) atoms. The maximum Gasteiger partial charge on any atom is 0.255 e. The fraction of sp³-hybridized carbons (Fsp3) is 0.200. The number of rotatable bonds is 5. The second-order valence-corrected chi connectivity index (χ2v) is 7.90. The number of amides is 1. The van der Waals surface area contributed by atoms with Gasteiger partial charge in [-0.15, -0.1) is 0 Å². The molecule has 3 aromatic rings. The first-order chi connectivity index (χ1) is 12.6. The zero-order valence-electron chi connectivity index (χ0n) is 14.2. The van der Waals surface area contributed by atoms with Gasteiger partial charge >= 0.3 is 0 Å². The highest BCUT2D eigenvalue weighted by Gasteiger charge is 2.32. The van der Waals surface area contributed by atoms with Crippen LogP contribution >= 0.6 is 23.4 Å². The van der Waals surface area contributed by atoms with Crippen LogP contribution < -0.4 is 5.32 Å². The molecule has 0 atom stereocenters. The van der Waals surface area contributed by atoms with Gasteiger partial charge in [-0.1, -0.05) is 28.5 Å². The molecule has 0 unspecified atom stereocenters. The van der Waals surface area contributed by atoms with E-state index < -0.39 is 0 Å². The van der Waals surface area contributed by atoms with Gasteiger partial charge < -0.3 is 9.84 Å². The van der Waals surface area contributed by atoms with Gasteiger partial charge in [0, 0.05) is 26.3 Å². The monoisotopic (exact) mass is 384 g/mol. The van der Waals surface area contributed by atoms with Gasteiger partial charge in [-0.2, -0.15) is 0 Å². The Labute approximate surface area is 160 Å². The molecule has 0 saturated heterocycles. The van der Waals surface area contributed by atoms with Crippen molar-refractivity contribution >= 4 is 35.0 Å². The molecule has 0 aliphatic heterocycles. The van der Waals surface area contributed by atoms with E-state index in [1.807, 2.05) is 55.5 Å². The lowest BCUT2D eigenvalue weighted by atomic mass is 10.2. The number of anilines is 1.